The van der Waals surface area contributed by atoms with Gasteiger partial charge in [-0.3, -0.25) is 9.59 Å². The first kappa shape index (κ1) is 24.7. The molecule has 1 aliphatic rings. The van der Waals surface area contributed by atoms with E-state index in [1.807, 2.05) is 6.92 Å². The highest BCUT2D eigenvalue weighted by Gasteiger charge is 2.13. The molecule has 0 radical (unpaired) electrons. The normalized spacial score (nSPS) is 14.7. The van der Waals surface area contributed by atoms with Crippen molar-refractivity contribution in [1.29, 1.82) is 0 Å². The zero-order valence-electron chi connectivity index (χ0n) is 15.2. The Kier molecular flexibility index (Phi) is 12.3. The van der Waals surface area contributed by atoms with E-state index in [0.717, 1.165) is 26.1 Å². The van der Waals surface area contributed by atoms with Crippen LogP contribution in [-0.2, 0) is 4.79 Å². The van der Waals surface area contributed by atoms with Crippen LogP contribution in [0.3, 0.4) is 0 Å². The summed E-state index contributed by atoms with van der Waals surface area (Å²) in [6.45, 7) is 5.80. The van der Waals surface area contributed by atoms with Gasteiger partial charge in [-0.25, -0.2) is 0 Å². The van der Waals surface area contributed by atoms with E-state index in [1.54, 1.807) is 24.3 Å². The Morgan fingerprint density at radius 3 is 2.35 bits per heavy atom. The summed E-state index contributed by atoms with van der Waals surface area (Å²) in [6.07, 6.45) is 4.03. The summed E-state index contributed by atoms with van der Waals surface area (Å²) < 4.78 is 0. The molecule has 2 rings (SSSR count). The fraction of sp³-hybridized carbons (Fsp3) is 0.556. The van der Waals surface area contributed by atoms with Gasteiger partial charge < -0.3 is 21.3 Å². The number of halogens is 2. The molecule has 2 amide bonds. The molecule has 148 valence electrons. The van der Waals surface area contributed by atoms with Crippen LogP contribution in [0.25, 0.3) is 0 Å². The van der Waals surface area contributed by atoms with E-state index < -0.39 is 6.04 Å². The molecule has 1 aromatic rings. The number of amides is 2. The molecule has 1 aromatic carbocycles. The van der Waals surface area contributed by atoms with Crippen molar-refractivity contribution in [2.45, 2.75) is 38.6 Å². The van der Waals surface area contributed by atoms with Gasteiger partial charge in [-0.05, 0) is 56.6 Å². The summed E-state index contributed by atoms with van der Waals surface area (Å²) in [5, 5.41) is 5.70. The molecule has 0 aliphatic carbocycles. The number of anilines is 1. The second-order valence-corrected chi connectivity index (χ2v) is 6.27. The fourth-order valence-corrected chi connectivity index (χ4v) is 2.82. The van der Waals surface area contributed by atoms with Gasteiger partial charge in [0.05, 0.1) is 6.04 Å². The number of rotatable bonds is 8. The average Bonchev–Trinajstić information content (AvgIpc) is 3.09. The van der Waals surface area contributed by atoms with E-state index in [2.05, 4.69) is 15.5 Å². The maximum Gasteiger partial charge on any atom is 0.251 e. The smallest absolute Gasteiger partial charge is 0.251 e. The Morgan fingerprint density at radius 2 is 1.77 bits per heavy atom. The molecular weight excluding hydrogens is 375 g/mol. The number of nitrogens with zero attached hydrogens (tertiary/aromatic N) is 1. The third kappa shape index (κ3) is 7.91. The van der Waals surface area contributed by atoms with Crippen LogP contribution in [0.1, 0.15) is 43.0 Å². The molecule has 8 heteroatoms. The first-order chi connectivity index (χ1) is 11.6. The molecule has 1 atom stereocenters. The number of hydrogen-bond acceptors (Lipinski definition) is 4. The Labute approximate surface area is 168 Å². The first-order valence-electron chi connectivity index (χ1n) is 8.77. The Balaban J connectivity index is 0.00000312. The van der Waals surface area contributed by atoms with Crippen LogP contribution in [-0.4, -0.2) is 48.9 Å². The molecule has 1 heterocycles. The van der Waals surface area contributed by atoms with Crippen LogP contribution >= 0.6 is 24.8 Å². The lowest BCUT2D eigenvalue weighted by molar-refractivity contribution is -0.117. The van der Waals surface area contributed by atoms with E-state index in [0.29, 0.717) is 24.2 Å². The van der Waals surface area contributed by atoms with Gasteiger partial charge in [0.15, 0.2) is 0 Å². The summed E-state index contributed by atoms with van der Waals surface area (Å²) in [4.78, 5) is 26.3. The first-order valence-corrected chi connectivity index (χ1v) is 8.77. The summed E-state index contributed by atoms with van der Waals surface area (Å²) in [5.41, 5.74) is 7.02. The SMILES string of the molecule is CCCC(N)C(=O)Nc1ccc(C(=O)NCCN2CCCC2)cc1.Cl.Cl. The van der Waals surface area contributed by atoms with E-state index in [4.69, 9.17) is 5.73 Å². The van der Waals surface area contributed by atoms with Gasteiger partial charge in [0.25, 0.3) is 5.91 Å². The second-order valence-electron chi connectivity index (χ2n) is 6.27. The predicted octanol–water partition coefficient (Wildman–Crippen LogP) is 2.42. The van der Waals surface area contributed by atoms with Crippen molar-refractivity contribution >= 4 is 42.3 Å². The van der Waals surface area contributed by atoms with Gasteiger partial charge in [0.1, 0.15) is 0 Å². The zero-order valence-corrected chi connectivity index (χ0v) is 16.8. The number of nitrogens with one attached hydrogen (secondary N) is 2. The topological polar surface area (TPSA) is 87.5 Å². The molecule has 1 saturated heterocycles. The number of likely N-dealkylation sites (tertiary alicyclic amines) is 1. The van der Waals surface area contributed by atoms with Crippen molar-refractivity contribution in [3.8, 4) is 0 Å². The van der Waals surface area contributed by atoms with Crippen LogP contribution in [0.4, 0.5) is 5.69 Å². The molecule has 26 heavy (non-hydrogen) atoms. The largest absolute Gasteiger partial charge is 0.351 e. The number of carbonyl (C=O) groups excluding carboxylic acids is 2. The van der Waals surface area contributed by atoms with Gasteiger partial charge in [0.2, 0.25) is 5.91 Å². The van der Waals surface area contributed by atoms with Gasteiger partial charge in [-0.1, -0.05) is 13.3 Å². The lowest BCUT2D eigenvalue weighted by Crippen LogP contribution is -2.35. The number of nitrogens with two attached hydrogens (primary N) is 1. The molecule has 6 nitrogen and oxygen atoms in total. The van der Waals surface area contributed by atoms with E-state index in [-0.39, 0.29) is 36.6 Å². The molecule has 1 aliphatic heterocycles. The molecular formula is C18H30Cl2N4O2. The molecule has 0 bridgehead atoms. The Hall–Kier alpha value is -1.34. The summed E-state index contributed by atoms with van der Waals surface area (Å²) in [6, 6.07) is 6.39. The van der Waals surface area contributed by atoms with Crippen LogP contribution < -0.4 is 16.4 Å². The molecule has 1 fully saturated rings. The second kappa shape index (κ2) is 12.9. The van der Waals surface area contributed by atoms with Crippen LogP contribution in [0.2, 0.25) is 0 Å². The van der Waals surface area contributed by atoms with Gasteiger partial charge >= 0.3 is 0 Å². The van der Waals surface area contributed by atoms with Crippen molar-refractivity contribution in [3.63, 3.8) is 0 Å². The van der Waals surface area contributed by atoms with Crippen molar-refractivity contribution < 1.29 is 9.59 Å². The predicted molar refractivity (Wildman–Crippen MR) is 110 cm³/mol. The van der Waals surface area contributed by atoms with Crippen LogP contribution in [0.15, 0.2) is 24.3 Å². The number of hydrogen-bond donors (Lipinski definition) is 3. The van der Waals surface area contributed by atoms with Gasteiger partial charge in [-0.15, -0.1) is 24.8 Å². The third-order valence-corrected chi connectivity index (χ3v) is 4.26. The fourth-order valence-electron chi connectivity index (χ4n) is 2.82. The molecule has 0 spiro atoms. The summed E-state index contributed by atoms with van der Waals surface area (Å²) in [7, 11) is 0. The van der Waals surface area contributed by atoms with Crippen molar-refractivity contribution in [2.75, 3.05) is 31.5 Å². The van der Waals surface area contributed by atoms with E-state index in [9.17, 15) is 9.59 Å². The third-order valence-electron chi connectivity index (χ3n) is 4.26. The minimum Gasteiger partial charge on any atom is -0.351 e. The maximum atomic E-state index is 12.1. The highest BCUT2D eigenvalue weighted by Crippen LogP contribution is 2.11. The van der Waals surface area contributed by atoms with Gasteiger partial charge in [-0.2, -0.15) is 0 Å². The number of benzene rings is 1. The zero-order chi connectivity index (χ0) is 17.4. The molecule has 0 saturated carbocycles. The summed E-state index contributed by atoms with van der Waals surface area (Å²) >= 11 is 0. The van der Waals surface area contributed by atoms with Crippen LogP contribution in [0, 0.1) is 0 Å². The standard InChI is InChI=1S/C18H28N4O2.2ClH/c1-2-5-16(19)18(24)21-15-8-6-14(7-9-15)17(23)20-10-13-22-11-3-4-12-22;;/h6-9,16H,2-5,10-13,19H2,1H3,(H,20,23)(H,21,24);2*1H. The van der Waals surface area contributed by atoms with Crippen molar-refractivity contribution in [3.05, 3.63) is 29.8 Å². The van der Waals surface area contributed by atoms with Crippen LogP contribution in [0.5, 0.6) is 0 Å². The monoisotopic (exact) mass is 404 g/mol. The number of carbonyl (C=O) groups is 2. The van der Waals surface area contributed by atoms with Crippen molar-refractivity contribution in [1.82, 2.24) is 10.2 Å². The van der Waals surface area contributed by atoms with E-state index >= 15 is 0 Å². The highest BCUT2D eigenvalue weighted by molar-refractivity contribution is 5.97. The Bertz CT molecular complexity index is 549. The average molecular weight is 405 g/mol. The minimum atomic E-state index is -0.497. The van der Waals surface area contributed by atoms with Gasteiger partial charge in [0, 0.05) is 24.3 Å². The van der Waals surface area contributed by atoms with E-state index in [1.165, 1.54) is 12.8 Å². The minimum absolute atomic E-state index is 0. The van der Waals surface area contributed by atoms with Crippen molar-refractivity contribution in [2.24, 2.45) is 5.73 Å². The highest BCUT2D eigenvalue weighted by atomic mass is 35.5. The maximum absolute atomic E-state index is 12.1. The molecule has 0 aromatic heterocycles. The lowest BCUT2D eigenvalue weighted by atomic mass is 10.1. The quantitative estimate of drug-likeness (QED) is 0.620. The summed E-state index contributed by atoms with van der Waals surface area (Å²) in [5.74, 6) is -0.283. The Morgan fingerprint density at radius 1 is 1.15 bits per heavy atom. The lowest BCUT2D eigenvalue weighted by Gasteiger charge is -2.15. The molecule has 4 N–H and O–H groups in total. The molecule has 1 unspecified atom stereocenters.